The fraction of sp³-hybridized carbons (Fsp3) is 0.235. The molecule has 0 spiro atoms. The van der Waals surface area contributed by atoms with Gasteiger partial charge in [-0.15, -0.1) is 0 Å². The quantitative estimate of drug-likeness (QED) is 0.753. The number of nitrogens with one attached hydrogen (secondary N) is 2. The van der Waals surface area contributed by atoms with Crippen LogP contribution in [0, 0.1) is 17.5 Å². The van der Waals surface area contributed by atoms with Gasteiger partial charge >= 0.3 is 0 Å². The minimum atomic E-state index is -1.61. The Hall–Kier alpha value is -2.54. The van der Waals surface area contributed by atoms with Crippen molar-refractivity contribution in [2.75, 3.05) is 32.1 Å². The number of carbonyl (C=O) groups excluding carboxylic acids is 1. The molecule has 1 amide bonds. The van der Waals surface area contributed by atoms with E-state index in [1.54, 1.807) is 7.05 Å². The fourth-order valence-electron chi connectivity index (χ4n) is 2.04. The lowest BCUT2D eigenvalue weighted by Gasteiger charge is -2.14. The van der Waals surface area contributed by atoms with Crippen LogP contribution in [0.2, 0.25) is 0 Å². The summed E-state index contributed by atoms with van der Waals surface area (Å²) in [7, 11) is 1.77. The third-order valence-electron chi connectivity index (χ3n) is 3.31. The summed E-state index contributed by atoms with van der Waals surface area (Å²) >= 11 is 0. The van der Waals surface area contributed by atoms with Gasteiger partial charge in [-0.05, 0) is 24.3 Å². The molecular weight excluding hydrogens is 321 g/mol. The predicted molar refractivity (Wildman–Crippen MR) is 83.5 cm³/mol. The summed E-state index contributed by atoms with van der Waals surface area (Å²) in [5.41, 5.74) is -0.382. The number of likely N-dealkylation sites (N-methyl/N-ethyl adjacent to an activating group) is 1. The van der Waals surface area contributed by atoms with Gasteiger partial charge in [-0.25, -0.2) is 13.2 Å². The van der Waals surface area contributed by atoms with Crippen molar-refractivity contribution in [1.82, 2.24) is 0 Å². The zero-order valence-corrected chi connectivity index (χ0v) is 13.1. The number of quaternary nitrogens is 1. The number of hydrogen-bond acceptors (Lipinski definition) is 2. The van der Waals surface area contributed by atoms with E-state index in [1.165, 1.54) is 0 Å². The van der Waals surface area contributed by atoms with Gasteiger partial charge in [0.25, 0.3) is 5.91 Å². The fourth-order valence-corrected chi connectivity index (χ4v) is 2.04. The van der Waals surface area contributed by atoms with Crippen molar-refractivity contribution in [3.63, 3.8) is 0 Å². The third kappa shape index (κ3) is 4.99. The van der Waals surface area contributed by atoms with Gasteiger partial charge < -0.3 is 15.0 Å². The van der Waals surface area contributed by atoms with Crippen molar-refractivity contribution in [1.29, 1.82) is 0 Å². The van der Waals surface area contributed by atoms with Gasteiger partial charge in [0.2, 0.25) is 0 Å². The molecule has 0 heterocycles. The maximum atomic E-state index is 13.5. The van der Waals surface area contributed by atoms with E-state index in [-0.39, 0.29) is 12.2 Å². The van der Waals surface area contributed by atoms with Crippen LogP contribution in [-0.4, -0.2) is 32.7 Å². The Labute approximate surface area is 137 Å². The third-order valence-corrected chi connectivity index (χ3v) is 3.31. The van der Waals surface area contributed by atoms with Crippen LogP contribution < -0.4 is 15.0 Å². The molecule has 0 aliphatic carbocycles. The highest BCUT2D eigenvalue weighted by Gasteiger charge is 2.17. The highest BCUT2D eigenvalue weighted by molar-refractivity contribution is 5.91. The summed E-state index contributed by atoms with van der Waals surface area (Å²) in [5.74, 6) is -4.08. The lowest BCUT2D eigenvalue weighted by Crippen LogP contribution is -3.10. The summed E-state index contributed by atoms with van der Waals surface area (Å²) in [4.78, 5) is 12.7. The monoisotopic (exact) mass is 339 g/mol. The molecule has 0 fully saturated rings. The van der Waals surface area contributed by atoms with Crippen LogP contribution >= 0.6 is 0 Å². The van der Waals surface area contributed by atoms with Crippen LogP contribution in [0.5, 0.6) is 5.75 Å². The van der Waals surface area contributed by atoms with Crippen LogP contribution in [-0.2, 0) is 4.79 Å². The Morgan fingerprint density at radius 2 is 1.79 bits per heavy atom. The number of para-hydroxylation sites is 1. The SMILES string of the molecule is C[NH+](CCOc1ccccc1)CC(=O)Nc1ccc(F)c(F)c1F. The number of carbonyl (C=O) groups is 1. The van der Waals surface area contributed by atoms with E-state index < -0.39 is 23.4 Å². The number of rotatable bonds is 7. The number of anilines is 1. The van der Waals surface area contributed by atoms with Gasteiger partial charge in [0.15, 0.2) is 24.0 Å². The van der Waals surface area contributed by atoms with Crippen LogP contribution in [0.25, 0.3) is 0 Å². The highest BCUT2D eigenvalue weighted by atomic mass is 19.2. The molecule has 0 bridgehead atoms. The molecule has 24 heavy (non-hydrogen) atoms. The number of hydrogen-bond donors (Lipinski definition) is 2. The molecule has 128 valence electrons. The molecule has 1 atom stereocenters. The molecule has 0 saturated carbocycles. The largest absolute Gasteiger partial charge is 0.488 e. The van der Waals surface area contributed by atoms with E-state index in [0.29, 0.717) is 13.2 Å². The van der Waals surface area contributed by atoms with Crippen molar-refractivity contribution >= 4 is 11.6 Å². The second kappa shape index (κ2) is 8.35. The molecule has 0 radical (unpaired) electrons. The predicted octanol–water partition coefficient (Wildman–Crippen LogP) is 1.64. The van der Waals surface area contributed by atoms with Crippen molar-refractivity contribution in [3.05, 3.63) is 59.9 Å². The summed E-state index contributed by atoms with van der Waals surface area (Å²) in [5, 5.41) is 2.24. The zero-order chi connectivity index (χ0) is 17.5. The van der Waals surface area contributed by atoms with E-state index in [9.17, 15) is 18.0 Å². The standard InChI is InChI=1S/C17H17F3N2O2/c1-22(9-10-24-12-5-3-2-4-6-12)11-15(23)21-14-8-7-13(18)16(19)17(14)20/h2-8H,9-11H2,1H3,(H,21,23)/p+1. The topological polar surface area (TPSA) is 42.8 Å². The van der Waals surface area contributed by atoms with E-state index >= 15 is 0 Å². The maximum absolute atomic E-state index is 13.5. The first-order valence-electron chi connectivity index (χ1n) is 7.40. The van der Waals surface area contributed by atoms with E-state index in [4.69, 9.17) is 4.74 Å². The Morgan fingerprint density at radius 1 is 1.08 bits per heavy atom. The molecule has 0 aliphatic heterocycles. The Balaban J connectivity index is 1.78. The molecule has 0 saturated heterocycles. The van der Waals surface area contributed by atoms with Crippen LogP contribution in [0.3, 0.4) is 0 Å². The van der Waals surface area contributed by atoms with E-state index in [1.807, 2.05) is 30.3 Å². The number of amides is 1. The maximum Gasteiger partial charge on any atom is 0.279 e. The van der Waals surface area contributed by atoms with Crippen molar-refractivity contribution in [2.24, 2.45) is 0 Å². The van der Waals surface area contributed by atoms with Crippen molar-refractivity contribution < 1.29 is 27.6 Å². The molecule has 2 rings (SSSR count). The van der Waals surface area contributed by atoms with Gasteiger partial charge in [0, 0.05) is 0 Å². The number of halogens is 3. The summed E-state index contributed by atoms with van der Waals surface area (Å²) in [6, 6.07) is 11.0. The normalized spacial score (nSPS) is 11.8. The van der Waals surface area contributed by atoms with Crippen molar-refractivity contribution in [2.45, 2.75) is 0 Å². The second-order valence-corrected chi connectivity index (χ2v) is 5.32. The molecule has 2 aromatic carbocycles. The molecule has 0 aromatic heterocycles. The Morgan fingerprint density at radius 3 is 2.50 bits per heavy atom. The zero-order valence-electron chi connectivity index (χ0n) is 13.1. The van der Waals surface area contributed by atoms with E-state index in [0.717, 1.165) is 22.8 Å². The molecule has 7 heteroatoms. The minimum Gasteiger partial charge on any atom is -0.488 e. The molecular formula is C17H18F3N2O2+. The molecule has 4 nitrogen and oxygen atoms in total. The van der Waals surface area contributed by atoms with Crippen LogP contribution in [0.1, 0.15) is 0 Å². The summed E-state index contributed by atoms with van der Waals surface area (Å²) in [6.45, 7) is 0.988. The van der Waals surface area contributed by atoms with Gasteiger partial charge in [-0.2, -0.15) is 0 Å². The minimum absolute atomic E-state index is 0.0383. The summed E-state index contributed by atoms with van der Waals surface area (Å²) < 4.78 is 45.0. The van der Waals surface area contributed by atoms with Gasteiger partial charge in [0.05, 0.1) is 12.7 Å². The van der Waals surface area contributed by atoms with Gasteiger partial charge in [-0.1, -0.05) is 18.2 Å². The molecule has 1 unspecified atom stereocenters. The van der Waals surface area contributed by atoms with Gasteiger partial charge in [-0.3, -0.25) is 4.79 Å². The Kier molecular flexibility index (Phi) is 6.20. The lowest BCUT2D eigenvalue weighted by atomic mass is 10.2. The molecule has 2 N–H and O–H groups in total. The second-order valence-electron chi connectivity index (χ2n) is 5.32. The lowest BCUT2D eigenvalue weighted by molar-refractivity contribution is -0.871. The van der Waals surface area contributed by atoms with Crippen LogP contribution in [0.15, 0.2) is 42.5 Å². The molecule has 2 aromatic rings. The van der Waals surface area contributed by atoms with Crippen LogP contribution in [0.4, 0.5) is 18.9 Å². The average Bonchev–Trinajstić information content (AvgIpc) is 2.56. The highest BCUT2D eigenvalue weighted by Crippen LogP contribution is 2.19. The smallest absolute Gasteiger partial charge is 0.279 e. The Bertz CT molecular complexity index is 696. The average molecular weight is 339 g/mol. The number of ether oxygens (including phenoxy) is 1. The number of benzene rings is 2. The summed E-state index contributed by atoms with van der Waals surface area (Å²) in [6.07, 6.45) is 0. The first kappa shape index (κ1) is 17.8. The van der Waals surface area contributed by atoms with Gasteiger partial charge in [0.1, 0.15) is 18.9 Å². The van der Waals surface area contributed by atoms with Crippen molar-refractivity contribution in [3.8, 4) is 5.75 Å². The first-order chi connectivity index (χ1) is 11.5. The van der Waals surface area contributed by atoms with E-state index in [2.05, 4.69) is 5.32 Å². The first-order valence-corrected chi connectivity index (χ1v) is 7.40. The molecule has 0 aliphatic rings.